The molecule has 0 unspecified atom stereocenters. The number of benzene rings is 1. The highest BCUT2D eigenvalue weighted by Gasteiger charge is 1.98. The van der Waals surface area contributed by atoms with Gasteiger partial charge in [0.2, 0.25) is 0 Å². The van der Waals surface area contributed by atoms with E-state index in [1.165, 1.54) is 22.5 Å². The Balaban J connectivity index is 2.02. The van der Waals surface area contributed by atoms with E-state index in [4.69, 9.17) is 0 Å². The molecule has 0 radical (unpaired) electrons. The van der Waals surface area contributed by atoms with Crippen molar-refractivity contribution in [1.82, 2.24) is 4.98 Å². The van der Waals surface area contributed by atoms with Gasteiger partial charge in [0.15, 0.2) is 0 Å². The lowest BCUT2D eigenvalue weighted by Crippen LogP contribution is -1.97. The fraction of sp³-hybridized carbons (Fsp3) is 0.312. The molecule has 1 aromatic carbocycles. The number of hydrogen-bond acceptors (Lipinski definition) is 1. The first-order valence-corrected chi connectivity index (χ1v) is 6.28. The van der Waals surface area contributed by atoms with Gasteiger partial charge in [-0.25, -0.2) is 0 Å². The first-order valence-electron chi connectivity index (χ1n) is 6.28. The number of aromatic nitrogens is 1. The maximum Gasteiger partial charge on any atom is 0.0410 e. The fourth-order valence-corrected chi connectivity index (χ4v) is 2.01. The lowest BCUT2D eigenvalue weighted by atomic mass is 10.1. The second-order valence-electron chi connectivity index (χ2n) is 4.46. The average molecular weight is 225 g/mol. The van der Waals surface area contributed by atoms with E-state index >= 15 is 0 Å². The summed E-state index contributed by atoms with van der Waals surface area (Å²) in [5, 5.41) is 0. The molecule has 0 bridgehead atoms. The number of hydrogen-bond donors (Lipinski definition) is 0. The summed E-state index contributed by atoms with van der Waals surface area (Å²) in [6, 6.07) is 15.0. The van der Waals surface area contributed by atoms with Crippen LogP contribution in [-0.4, -0.2) is 4.98 Å². The summed E-state index contributed by atoms with van der Waals surface area (Å²) in [5.74, 6) is 0. The summed E-state index contributed by atoms with van der Waals surface area (Å²) in [7, 11) is 0. The van der Waals surface area contributed by atoms with Gasteiger partial charge in [0.05, 0.1) is 0 Å². The highest BCUT2D eigenvalue weighted by molar-refractivity contribution is 5.23. The Morgan fingerprint density at radius 2 is 1.71 bits per heavy atom. The molecule has 1 heterocycles. The van der Waals surface area contributed by atoms with E-state index in [0.717, 1.165) is 19.3 Å². The Morgan fingerprint density at radius 1 is 0.941 bits per heavy atom. The highest BCUT2D eigenvalue weighted by Crippen LogP contribution is 2.08. The smallest absolute Gasteiger partial charge is 0.0410 e. The first kappa shape index (κ1) is 11.8. The minimum absolute atomic E-state index is 1.01. The van der Waals surface area contributed by atoms with E-state index in [2.05, 4.69) is 61.3 Å². The number of nitrogens with zero attached hydrogens (tertiary/aromatic N) is 1. The summed E-state index contributed by atoms with van der Waals surface area (Å²) >= 11 is 0. The summed E-state index contributed by atoms with van der Waals surface area (Å²) in [4.78, 5) is 4.63. The maximum atomic E-state index is 4.63. The highest BCUT2D eigenvalue weighted by atomic mass is 14.7. The van der Waals surface area contributed by atoms with Crippen LogP contribution in [0.2, 0.25) is 0 Å². The van der Waals surface area contributed by atoms with Crippen LogP contribution in [0.5, 0.6) is 0 Å². The van der Waals surface area contributed by atoms with Crippen LogP contribution in [0.4, 0.5) is 0 Å². The molecule has 17 heavy (non-hydrogen) atoms. The third-order valence-corrected chi connectivity index (χ3v) is 2.98. The SMILES string of the molecule is CCc1cccc(CCc2cccc(C)c2)n1. The standard InChI is InChI=1S/C16H19N/c1-3-15-8-5-9-16(17-15)11-10-14-7-4-6-13(2)12-14/h4-9,12H,3,10-11H2,1-2H3. The Morgan fingerprint density at radius 3 is 2.47 bits per heavy atom. The van der Waals surface area contributed by atoms with Crippen LogP contribution in [0.3, 0.4) is 0 Å². The van der Waals surface area contributed by atoms with Crippen molar-refractivity contribution in [3.05, 3.63) is 65.0 Å². The van der Waals surface area contributed by atoms with Crippen molar-refractivity contribution >= 4 is 0 Å². The van der Waals surface area contributed by atoms with Crippen molar-refractivity contribution in [2.24, 2.45) is 0 Å². The molecule has 0 aliphatic heterocycles. The monoisotopic (exact) mass is 225 g/mol. The van der Waals surface area contributed by atoms with Crippen molar-refractivity contribution in [2.45, 2.75) is 33.1 Å². The van der Waals surface area contributed by atoms with Gasteiger partial charge in [0, 0.05) is 11.4 Å². The van der Waals surface area contributed by atoms with Crippen LogP contribution in [0, 0.1) is 6.92 Å². The molecule has 2 rings (SSSR count). The molecule has 0 aliphatic rings. The molecule has 0 amide bonds. The number of aryl methyl sites for hydroxylation is 4. The second-order valence-corrected chi connectivity index (χ2v) is 4.46. The van der Waals surface area contributed by atoms with Gasteiger partial charge >= 0.3 is 0 Å². The van der Waals surface area contributed by atoms with E-state index in [1.807, 2.05) is 0 Å². The molecule has 0 fully saturated rings. The Kier molecular flexibility index (Phi) is 3.92. The minimum Gasteiger partial charge on any atom is -0.258 e. The molecule has 1 heteroatoms. The van der Waals surface area contributed by atoms with Gasteiger partial charge < -0.3 is 0 Å². The molecular formula is C16H19N. The fourth-order valence-electron chi connectivity index (χ4n) is 2.01. The summed E-state index contributed by atoms with van der Waals surface area (Å²) in [6.07, 6.45) is 3.11. The summed E-state index contributed by atoms with van der Waals surface area (Å²) in [6.45, 7) is 4.28. The Hall–Kier alpha value is -1.63. The summed E-state index contributed by atoms with van der Waals surface area (Å²) < 4.78 is 0. The van der Waals surface area contributed by atoms with E-state index in [1.54, 1.807) is 0 Å². The first-order chi connectivity index (χ1) is 8.28. The van der Waals surface area contributed by atoms with E-state index in [0.29, 0.717) is 0 Å². The molecular weight excluding hydrogens is 206 g/mol. The maximum absolute atomic E-state index is 4.63. The van der Waals surface area contributed by atoms with Gasteiger partial charge in [-0.15, -0.1) is 0 Å². The molecule has 1 aromatic heterocycles. The molecule has 0 spiro atoms. The van der Waals surface area contributed by atoms with Gasteiger partial charge in [0.25, 0.3) is 0 Å². The van der Waals surface area contributed by atoms with E-state index < -0.39 is 0 Å². The summed E-state index contributed by atoms with van der Waals surface area (Å²) in [5.41, 5.74) is 5.11. The normalized spacial score (nSPS) is 10.5. The van der Waals surface area contributed by atoms with E-state index in [9.17, 15) is 0 Å². The quantitative estimate of drug-likeness (QED) is 0.772. The third-order valence-electron chi connectivity index (χ3n) is 2.98. The molecule has 88 valence electrons. The van der Waals surface area contributed by atoms with Gasteiger partial charge in [-0.3, -0.25) is 4.98 Å². The van der Waals surface area contributed by atoms with Gasteiger partial charge in [-0.1, -0.05) is 42.8 Å². The topological polar surface area (TPSA) is 12.9 Å². The predicted octanol–water partition coefficient (Wildman–Crippen LogP) is 3.74. The molecule has 1 nitrogen and oxygen atoms in total. The average Bonchev–Trinajstić information content (AvgIpc) is 2.37. The van der Waals surface area contributed by atoms with E-state index in [-0.39, 0.29) is 0 Å². The zero-order valence-electron chi connectivity index (χ0n) is 10.6. The molecule has 0 N–H and O–H groups in total. The lowest BCUT2D eigenvalue weighted by Gasteiger charge is -2.04. The van der Waals surface area contributed by atoms with Crippen molar-refractivity contribution < 1.29 is 0 Å². The molecule has 0 aliphatic carbocycles. The number of rotatable bonds is 4. The predicted molar refractivity (Wildman–Crippen MR) is 72.2 cm³/mol. The van der Waals surface area contributed by atoms with Crippen LogP contribution in [-0.2, 0) is 19.3 Å². The number of pyridine rings is 1. The molecule has 0 saturated heterocycles. The second kappa shape index (κ2) is 5.62. The third kappa shape index (κ3) is 3.42. The van der Waals surface area contributed by atoms with Crippen LogP contribution in [0.1, 0.15) is 29.4 Å². The van der Waals surface area contributed by atoms with Crippen molar-refractivity contribution in [3.8, 4) is 0 Å². The minimum atomic E-state index is 1.01. The Bertz CT molecular complexity index is 488. The van der Waals surface area contributed by atoms with Gasteiger partial charge in [0.1, 0.15) is 0 Å². The molecule has 0 saturated carbocycles. The molecule has 0 atom stereocenters. The molecule has 2 aromatic rings. The largest absolute Gasteiger partial charge is 0.258 e. The van der Waals surface area contributed by atoms with Gasteiger partial charge in [-0.2, -0.15) is 0 Å². The zero-order valence-corrected chi connectivity index (χ0v) is 10.6. The van der Waals surface area contributed by atoms with Crippen LogP contribution < -0.4 is 0 Å². The van der Waals surface area contributed by atoms with Crippen molar-refractivity contribution in [1.29, 1.82) is 0 Å². The van der Waals surface area contributed by atoms with Crippen molar-refractivity contribution in [2.75, 3.05) is 0 Å². The Labute approximate surface area is 104 Å². The zero-order chi connectivity index (χ0) is 12.1. The van der Waals surface area contributed by atoms with Crippen LogP contribution in [0.25, 0.3) is 0 Å². The lowest BCUT2D eigenvalue weighted by molar-refractivity contribution is 0.885. The van der Waals surface area contributed by atoms with Crippen molar-refractivity contribution in [3.63, 3.8) is 0 Å². The van der Waals surface area contributed by atoms with Crippen LogP contribution >= 0.6 is 0 Å². The van der Waals surface area contributed by atoms with Gasteiger partial charge in [-0.05, 0) is 43.9 Å². The van der Waals surface area contributed by atoms with Crippen LogP contribution in [0.15, 0.2) is 42.5 Å².